The molecule has 148 valence electrons. The molecule has 9 heteroatoms. The molecular formula is C19H19FN2O4S2. The minimum absolute atomic E-state index is 0.0446. The predicted octanol–water partition coefficient (Wildman–Crippen LogP) is 3.31. The molecule has 2 amide bonds. The van der Waals surface area contributed by atoms with Crippen LogP contribution in [0, 0.1) is 11.7 Å². The van der Waals surface area contributed by atoms with Gasteiger partial charge in [0.1, 0.15) is 5.82 Å². The summed E-state index contributed by atoms with van der Waals surface area (Å²) in [6.07, 6.45) is 0. The second-order valence-electron chi connectivity index (χ2n) is 6.59. The number of carbonyl (C=O) groups excluding carboxylic acids is 2. The molecule has 1 heterocycles. The van der Waals surface area contributed by atoms with Crippen molar-refractivity contribution in [2.24, 2.45) is 5.92 Å². The quantitative estimate of drug-likeness (QED) is 0.771. The van der Waals surface area contributed by atoms with E-state index in [4.69, 9.17) is 0 Å². The van der Waals surface area contributed by atoms with E-state index in [0.29, 0.717) is 11.4 Å². The van der Waals surface area contributed by atoms with E-state index in [1.54, 1.807) is 13.0 Å². The average Bonchev–Trinajstić information content (AvgIpc) is 2.63. The number of thioether (sulfide) groups is 1. The number of hydrogen-bond acceptors (Lipinski definition) is 5. The molecule has 2 N–H and O–H groups in total. The van der Waals surface area contributed by atoms with Gasteiger partial charge in [-0.3, -0.25) is 9.59 Å². The van der Waals surface area contributed by atoms with Crippen molar-refractivity contribution in [1.82, 2.24) is 0 Å². The van der Waals surface area contributed by atoms with Crippen molar-refractivity contribution in [3.05, 3.63) is 48.3 Å². The molecule has 0 radical (unpaired) electrons. The summed E-state index contributed by atoms with van der Waals surface area (Å²) in [7, 11) is -3.75. The van der Waals surface area contributed by atoms with Gasteiger partial charge in [-0.05, 0) is 49.4 Å². The zero-order valence-electron chi connectivity index (χ0n) is 15.2. The smallest absolute Gasteiger partial charge is 0.237 e. The van der Waals surface area contributed by atoms with Crippen LogP contribution in [0.25, 0.3) is 0 Å². The van der Waals surface area contributed by atoms with Crippen LogP contribution >= 0.6 is 11.8 Å². The van der Waals surface area contributed by atoms with Crippen LogP contribution in [0.5, 0.6) is 0 Å². The first kappa shape index (κ1) is 20.3. The predicted molar refractivity (Wildman–Crippen MR) is 107 cm³/mol. The first-order valence-electron chi connectivity index (χ1n) is 8.56. The molecule has 1 aliphatic rings. The number of nitrogens with one attached hydrogen (secondary N) is 2. The van der Waals surface area contributed by atoms with Crippen molar-refractivity contribution >= 4 is 44.8 Å². The third-order valence-corrected chi connectivity index (χ3v) is 7.36. The van der Waals surface area contributed by atoms with E-state index in [-0.39, 0.29) is 16.1 Å². The third-order valence-electron chi connectivity index (χ3n) is 4.27. The summed E-state index contributed by atoms with van der Waals surface area (Å²) >= 11 is 1.36. The number of rotatable bonds is 5. The molecule has 6 nitrogen and oxygen atoms in total. The van der Waals surface area contributed by atoms with Gasteiger partial charge < -0.3 is 10.6 Å². The Morgan fingerprint density at radius 2 is 1.93 bits per heavy atom. The molecule has 0 bridgehead atoms. The normalized spacial score (nSPS) is 17.4. The Labute approximate surface area is 166 Å². The van der Waals surface area contributed by atoms with E-state index in [2.05, 4.69) is 10.6 Å². The number of sulfone groups is 1. The molecule has 0 aromatic heterocycles. The van der Waals surface area contributed by atoms with Gasteiger partial charge >= 0.3 is 0 Å². The van der Waals surface area contributed by atoms with E-state index in [1.165, 1.54) is 55.1 Å². The number of hydrogen-bond donors (Lipinski definition) is 2. The van der Waals surface area contributed by atoms with Crippen molar-refractivity contribution in [2.75, 3.05) is 16.4 Å². The highest BCUT2D eigenvalue weighted by Crippen LogP contribution is 2.37. The zero-order valence-corrected chi connectivity index (χ0v) is 16.9. The SMILES string of the molecule is CC(CS(=O)(=O)c1ccc2c(c1)NC(=O)C(C)S2)C(=O)Nc1ccc(F)cc1. The van der Waals surface area contributed by atoms with Crippen LogP contribution in [0.4, 0.5) is 15.8 Å². The number of amides is 2. The maximum absolute atomic E-state index is 12.9. The number of fused-ring (bicyclic) bond motifs is 1. The summed E-state index contributed by atoms with van der Waals surface area (Å²) in [5.74, 6) is -2.31. The highest BCUT2D eigenvalue weighted by molar-refractivity contribution is 8.01. The monoisotopic (exact) mass is 422 g/mol. The lowest BCUT2D eigenvalue weighted by Gasteiger charge is -2.22. The third kappa shape index (κ3) is 4.53. The molecule has 2 aromatic rings. The maximum Gasteiger partial charge on any atom is 0.237 e. The topological polar surface area (TPSA) is 92.3 Å². The molecule has 2 unspecified atom stereocenters. The van der Waals surface area contributed by atoms with Gasteiger partial charge in [-0.1, -0.05) is 6.92 Å². The number of halogens is 1. The summed E-state index contributed by atoms with van der Waals surface area (Å²) in [6, 6.07) is 9.78. The molecular weight excluding hydrogens is 403 g/mol. The number of anilines is 2. The van der Waals surface area contributed by atoms with Crippen LogP contribution < -0.4 is 10.6 Å². The second kappa shape index (κ2) is 7.92. The van der Waals surface area contributed by atoms with Crippen LogP contribution in [-0.2, 0) is 19.4 Å². The van der Waals surface area contributed by atoms with Crippen LogP contribution in [0.3, 0.4) is 0 Å². The number of benzene rings is 2. The van der Waals surface area contributed by atoms with Gasteiger partial charge in [0.05, 0.1) is 21.6 Å². The molecule has 0 saturated carbocycles. The van der Waals surface area contributed by atoms with E-state index >= 15 is 0 Å². The largest absolute Gasteiger partial charge is 0.326 e. The van der Waals surface area contributed by atoms with E-state index < -0.39 is 33.2 Å². The molecule has 0 saturated heterocycles. The molecule has 3 rings (SSSR count). The van der Waals surface area contributed by atoms with Crippen molar-refractivity contribution in [1.29, 1.82) is 0 Å². The summed E-state index contributed by atoms with van der Waals surface area (Å²) in [6.45, 7) is 3.28. The zero-order chi connectivity index (χ0) is 20.5. The fourth-order valence-electron chi connectivity index (χ4n) is 2.68. The van der Waals surface area contributed by atoms with Crippen molar-refractivity contribution in [2.45, 2.75) is 28.9 Å². The average molecular weight is 423 g/mol. The Morgan fingerprint density at radius 3 is 2.61 bits per heavy atom. The van der Waals surface area contributed by atoms with Crippen LogP contribution in [-0.4, -0.2) is 31.2 Å². The van der Waals surface area contributed by atoms with Gasteiger partial charge in [0.25, 0.3) is 0 Å². The molecule has 28 heavy (non-hydrogen) atoms. The van der Waals surface area contributed by atoms with Crippen LogP contribution in [0.15, 0.2) is 52.3 Å². The highest BCUT2D eigenvalue weighted by atomic mass is 32.2. The van der Waals surface area contributed by atoms with E-state index in [9.17, 15) is 22.4 Å². The minimum atomic E-state index is -3.75. The minimum Gasteiger partial charge on any atom is -0.326 e. The Balaban J connectivity index is 1.72. The van der Waals surface area contributed by atoms with Crippen molar-refractivity contribution in [3.63, 3.8) is 0 Å². The van der Waals surface area contributed by atoms with Crippen molar-refractivity contribution < 1.29 is 22.4 Å². The number of carbonyl (C=O) groups is 2. The molecule has 0 spiro atoms. The standard InChI is InChI=1S/C19H19FN2O4S2/c1-11(18(23)21-14-5-3-13(20)4-6-14)10-28(25,26)15-7-8-17-16(9-15)22-19(24)12(2)27-17/h3-9,11-12H,10H2,1-2H3,(H,21,23)(H,22,24). The van der Waals surface area contributed by atoms with Gasteiger partial charge in [0, 0.05) is 16.5 Å². The maximum atomic E-state index is 12.9. The molecule has 2 atom stereocenters. The Morgan fingerprint density at radius 1 is 1.25 bits per heavy atom. The summed E-state index contributed by atoms with van der Waals surface area (Å²) < 4.78 is 38.4. The van der Waals surface area contributed by atoms with Gasteiger partial charge in [-0.25, -0.2) is 12.8 Å². The van der Waals surface area contributed by atoms with Gasteiger partial charge in [-0.2, -0.15) is 0 Å². The van der Waals surface area contributed by atoms with Crippen molar-refractivity contribution in [3.8, 4) is 0 Å². The fourth-order valence-corrected chi connectivity index (χ4v) is 5.19. The lowest BCUT2D eigenvalue weighted by molar-refractivity contribution is -0.119. The van der Waals surface area contributed by atoms with Gasteiger partial charge in [0.15, 0.2) is 9.84 Å². The molecule has 2 aromatic carbocycles. The lowest BCUT2D eigenvalue weighted by atomic mass is 10.2. The molecule has 0 aliphatic carbocycles. The van der Waals surface area contributed by atoms with Crippen LogP contribution in [0.2, 0.25) is 0 Å². The van der Waals surface area contributed by atoms with E-state index in [0.717, 1.165) is 4.90 Å². The first-order chi connectivity index (χ1) is 13.2. The summed E-state index contributed by atoms with van der Waals surface area (Å²) in [4.78, 5) is 25.0. The lowest BCUT2D eigenvalue weighted by Crippen LogP contribution is -2.28. The summed E-state index contributed by atoms with van der Waals surface area (Å²) in [5.41, 5.74) is 0.843. The van der Waals surface area contributed by atoms with Gasteiger partial charge in [-0.15, -0.1) is 11.8 Å². The van der Waals surface area contributed by atoms with Crippen LogP contribution in [0.1, 0.15) is 13.8 Å². The second-order valence-corrected chi connectivity index (χ2v) is 10.0. The Kier molecular flexibility index (Phi) is 5.76. The highest BCUT2D eigenvalue weighted by Gasteiger charge is 2.27. The summed E-state index contributed by atoms with van der Waals surface area (Å²) in [5, 5.41) is 5.03. The Bertz CT molecular complexity index is 1020. The molecule has 1 aliphatic heterocycles. The van der Waals surface area contributed by atoms with Gasteiger partial charge in [0.2, 0.25) is 11.8 Å². The first-order valence-corrected chi connectivity index (χ1v) is 11.1. The Hall–Kier alpha value is -2.39. The molecule has 0 fully saturated rings. The fraction of sp³-hybridized carbons (Fsp3) is 0.263. The van der Waals surface area contributed by atoms with E-state index in [1.807, 2.05) is 0 Å².